The van der Waals surface area contributed by atoms with Crippen LogP contribution in [0.4, 0.5) is 10.8 Å². The number of nitrogens with zero attached hydrogens (tertiary/aromatic N) is 2. The molecule has 4 rings (SSSR count). The second-order valence-corrected chi connectivity index (χ2v) is 7.22. The minimum atomic E-state index is 0.917. The van der Waals surface area contributed by atoms with Crippen molar-refractivity contribution in [1.29, 1.82) is 0 Å². The van der Waals surface area contributed by atoms with Crippen LogP contribution in [0.25, 0.3) is 0 Å². The van der Waals surface area contributed by atoms with Gasteiger partial charge >= 0.3 is 0 Å². The minimum absolute atomic E-state index is 0.917. The van der Waals surface area contributed by atoms with E-state index < -0.39 is 0 Å². The van der Waals surface area contributed by atoms with Crippen LogP contribution in [0.15, 0.2) is 53.9 Å². The molecule has 1 aliphatic rings. The lowest BCUT2D eigenvalue weighted by Crippen LogP contribution is -2.30. The standard InChI is InChI=1S/C20H21N3S/c1-15-6-8-18(9-7-15)21-20-22-19(14-24-20)13-23-11-10-16-4-2-3-5-17(16)12-23/h2-9,14H,10-13H2,1H3,(H,21,22). The summed E-state index contributed by atoms with van der Waals surface area (Å²) < 4.78 is 0. The first-order valence-corrected chi connectivity index (χ1v) is 9.21. The van der Waals surface area contributed by atoms with Gasteiger partial charge < -0.3 is 5.32 Å². The lowest BCUT2D eigenvalue weighted by Gasteiger charge is -2.27. The van der Waals surface area contributed by atoms with Gasteiger partial charge in [0, 0.05) is 30.7 Å². The lowest BCUT2D eigenvalue weighted by atomic mass is 10.00. The second kappa shape index (κ2) is 6.75. The molecule has 0 spiro atoms. The molecule has 0 radical (unpaired) electrons. The van der Waals surface area contributed by atoms with Gasteiger partial charge in [0.15, 0.2) is 5.13 Å². The molecule has 0 unspecified atom stereocenters. The molecular formula is C20H21N3S. The highest BCUT2D eigenvalue weighted by Gasteiger charge is 2.16. The number of nitrogens with one attached hydrogen (secondary N) is 1. The summed E-state index contributed by atoms with van der Waals surface area (Å²) in [7, 11) is 0. The molecule has 0 saturated carbocycles. The van der Waals surface area contributed by atoms with Crippen molar-refractivity contribution in [2.45, 2.75) is 26.4 Å². The Hall–Kier alpha value is -2.17. The Morgan fingerprint density at radius 3 is 2.71 bits per heavy atom. The average Bonchev–Trinajstić information content (AvgIpc) is 3.04. The van der Waals surface area contributed by atoms with Gasteiger partial charge in [-0.15, -0.1) is 11.3 Å². The molecule has 24 heavy (non-hydrogen) atoms. The minimum Gasteiger partial charge on any atom is -0.332 e. The number of rotatable bonds is 4. The van der Waals surface area contributed by atoms with Crippen molar-refractivity contribution < 1.29 is 0 Å². The Morgan fingerprint density at radius 2 is 1.88 bits per heavy atom. The third kappa shape index (κ3) is 3.50. The zero-order chi connectivity index (χ0) is 16.4. The Kier molecular flexibility index (Phi) is 4.32. The van der Waals surface area contributed by atoms with Crippen LogP contribution in [0, 0.1) is 6.92 Å². The van der Waals surface area contributed by atoms with Crippen molar-refractivity contribution >= 4 is 22.2 Å². The van der Waals surface area contributed by atoms with Crippen molar-refractivity contribution in [1.82, 2.24) is 9.88 Å². The van der Waals surface area contributed by atoms with Gasteiger partial charge in [-0.25, -0.2) is 4.98 Å². The van der Waals surface area contributed by atoms with Crippen molar-refractivity contribution in [3.05, 3.63) is 76.3 Å². The van der Waals surface area contributed by atoms with E-state index in [1.165, 1.54) is 16.7 Å². The van der Waals surface area contributed by atoms with Gasteiger partial charge in [-0.2, -0.15) is 0 Å². The fraction of sp³-hybridized carbons (Fsp3) is 0.250. The maximum absolute atomic E-state index is 4.74. The number of aryl methyl sites for hydroxylation is 1. The normalized spacial score (nSPS) is 14.4. The SMILES string of the molecule is Cc1ccc(Nc2nc(CN3CCc4ccccc4C3)cs2)cc1. The fourth-order valence-electron chi connectivity index (χ4n) is 3.12. The molecular weight excluding hydrogens is 314 g/mol. The number of benzene rings is 2. The second-order valence-electron chi connectivity index (χ2n) is 6.36. The van der Waals surface area contributed by atoms with Crippen LogP contribution < -0.4 is 5.32 Å². The number of fused-ring (bicyclic) bond motifs is 1. The van der Waals surface area contributed by atoms with E-state index in [0.29, 0.717) is 0 Å². The van der Waals surface area contributed by atoms with E-state index in [0.717, 1.165) is 42.6 Å². The quantitative estimate of drug-likeness (QED) is 0.745. The molecule has 3 aromatic rings. The molecule has 0 aliphatic carbocycles. The average molecular weight is 335 g/mol. The van der Waals surface area contributed by atoms with E-state index in [-0.39, 0.29) is 0 Å². The summed E-state index contributed by atoms with van der Waals surface area (Å²) in [6.45, 7) is 5.14. The number of aromatic nitrogens is 1. The van der Waals surface area contributed by atoms with Crippen LogP contribution in [-0.4, -0.2) is 16.4 Å². The lowest BCUT2D eigenvalue weighted by molar-refractivity contribution is 0.243. The maximum Gasteiger partial charge on any atom is 0.187 e. The number of hydrogen-bond acceptors (Lipinski definition) is 4. The molecule has 0 fully saturated rings. The van der Waals surface area contributed by atoms with E-state index >= 15 is 0 Å². The van der Waals surface area contributed by atoms with E-state index in [1.54, 1.807) is 11.3 Å². The fourth-order valence-corrected chi connectivity index (χ4v) is 3.84. The predicted molar refractivity (Wildman–Crippen MR) is 101 cm³/mol. The molecule has 0 atom stereocenters. The molecule has 0 amide bonds. The smallest absolute Gasteiger partial charge is 0.187 e. The highest BCUT2D eigenvalue weighted by atomic mass is 32.1. The maximum atomic E-state index is 4.74. The van der Waals surface area contributed by atoms with E-state index in [9.17, 15) is 0 Å². The summed E-state index contributed by atoms with van der Waals surface area (Å²) in [6, 6.07) is 17.2. The van der Waals surface area contributed by atoms with Crippen LogP contribution in [0.3, 0.4) is 0 Å². The van der Waals surface area contributed by atoms with Crippen LogP contribution >= 0.6 is 11.3 Å². The first-order valence-electron chi connectivity index (χ1n) is 8.33. The molecule has 0 saturated heterocycles. The Morgan fingerprint density at radius 1 is 1.08 bits per heavy atom. The van der Waals surface area contributed by atoms with Crippen molar-refractivity contribution in [3.63, 3.8) is 0 Å². The van der Waals surface area contributed by atoms with E-state index in [2.05, 4.69) is 71.1 Å². The van der Waals surface area contributed by atoms with Gasteiger partial charge in [0.2, 0.25) is 0 Å². The largest absolute Gasteiger partial charge is 0.332 e. The highest BCUT2D eigenvalue weighted by molar-refractivity contribution is 7.13. The monoisotopic (exact) mass is 335 g/mol. The third-order valence-corrected chi connectivity index (χ3v) is 5.26. The van der Waals surface area contributed by atoms with Gasteiger partial charge in [0.1, 0.15) is 0 Å². The summed E-state index contributed by atoms with van der Waals surface area (Å²) in [5.74, 6) is 0. The van der Waals surface area contributed by atoms with Gasteiger partial charge in [-0.1, -0.05) is 42.0 Å². The summed E-state index contributed by atoms with van der Waals surface area (Å²) >= 11 is 1.67. The molecule has 4 heteroatoms. The zero-order valence-corrected chi connectivity index (χ0v) is 14.6. The molecule has 1 aliphatic heterocycles. The number of thiazole rings is 1. The van der Waals surface area contributed by atoms with E-state index in [1.807, 2.05) is 0 Å². The first kappa shape index (κ1) is 15.4. The van der Waals surface area contributed by atoms with Crippen molar-refractivity contribution in [2.24, 2.45) is 0 Å². The topological polar surface area (TPSA) is 28.2 Å². The third-order valence-electron chi connectivity index (χ3n) is 4.45. The highest BCUT2D eigenvalue weighted by Crippen LogP contribution is 2.24. The molecule has 2 heterocycles. The van der Waals surface area contributed by atoms with Crippen molar-refractivity contribution in [3.8, 4) is 0 Å². The Labute approximate surface area is 147 Å². The summed E-state index contributed by atoms with van der Waals surface area (Å²) in [6.07, 6.45) is 1.13. The number of hydrogen-bond donors (Lipinski definition) is 1. The first-order chi connectivity index (χ1) is 11.8. The molecule has 2 aromatic carbocycles. The molecule has 0 bridgehead atoms. The molecule has 122 valence electrons. The van der Waals surface area contributed by atoms with Crippen LogP contribution in [0.2, 0.25) is 0 Å². The van der Waals surface area contributed by atoms with Crippen LogP contribution in [0.5, 0.6) is 0 Å². The molecule has 1 N–H and O–H groups in total. The van der Waals surface area contributed by atoms with Gasteiger partial charge in [-0.3, -0.25) is 4.90 Å². The van der Waals surface area contributed by atoms with Gasteiger partial charge in [0.05, 0.1) is 5.69 Å². The summed E-state index contributed by atoms with van der Waals surface area (Å²) in [5, 5.41) is 6.52. The van der Waals surface area contributed by atoms with Crippen molar-refractivity contribution in [2.75, 3.05) is 11.9 Å². The molecule has 1 aromatic heterocycles. The Bertz CT molecular complexity index is 823. The summed E-state index contributed by atoms with van der Waals surface area (Å²) in [4.78, 5) is 7.22. The van der Waals surface area contributed by atoms with Crippen LogP contribution in [-0.2, 0) is 19.5 Å². The molecule has 3 nitrogen and oxygen atoms in total. The summed E-state index contributed by atoms with van der Waals surface area (Å²) in [5.41, 5.74) is 6.46. The Balaban J connectivity index is 1.40. The van der Waals surface area contributed by atoms with E-state index in [4.69, 9.17) is 4.98 Å². The number of anilines is 2. The zero-order valence-electron chi connectivity index (χ0n) is 13.8. The predicted octanol–water partition coefficient (Wildman–Crippen LogP) is 4.75. The van der Waals surface area contributed by atoms with Gasteiger partial charge in [-0.05, 0) is 36.6 Å². The van der Waals surface area contributed by atoms with Crippen LogP contribution in [0.1, 0.15) is 22.4 Å². The van der Waals surface area contributed by atoms with Gasteiger partial charge in [0.25, 0.3) is 0 Å².